The van der Waals surface area contributed by atoms with Crippen LogP contribution in [0.5, 0.6) is 23.0 Å². The number of rotatable bonds is 7. The highest BCUT2D eigenvalue weighted by Gasteiger charge is 2.21. The van der Waals surface area contributed by atoms with Crippen molar-refractivity contribution in [2.24, 2.45) is 0 Å². The number of carbonyl (C=O) groups excluding carboxylic acids is 1. The maximum absolute atomic E-state index is 12.6. The topological polar surface area (TPSA) is 60.5 Å². The number of amides is 1. The molecule has 0 spiro atoms. The van der Waals surface area contributed by atoms with Crippen molar-refractivity contribution in [3.05, 3.63) is 53.6 Å². The molecular weight excluding hydrogens is 396 g/mol. The maximum Gasteiger partial charge on any atom is 0.246 e. The van der Waals surface area contributed by atoms with Gasteiger partial charge in [0, 0.05) is 38.8 Å². The average Bonchev–Trinajstić information content (AvgIpc) is 3.27. The zero-order chi connectivity index (χ0) is 21.6. The number of hydrogen-bond donors (Lipinski definition) is 0. The molecule has 2 aromatic carbocycles. The summed E-state index contributed by atoms with van der Waals surface area (Å²) in [6, 6.07) is 11.7. The second kappa shape index (κ2) is 9.75. The first kappa shape index (κ1) is 21.1. The summed E-state index contributed by atoms with van der Waals surface area (Å²) in [6.45, 7) is 6.72. The molecule has 0 saturated carbocycles. The van der Waals surface area contributed by atoms with Crippen LogP contribution in [-0.2, 0) is 11.3 Å². The Hall–Kier alpha value is -3.19. The molecule has 0 atom stereocenters. The van der Waals surface area contributed by atoms with Gasteiger partial charge in [0.2, 0.25) is 12.7 Å². The zero-order valence-electron chi connectivity index (χ0n) is 18.0. The van der Waals surface area contributed by atoms with Gasteiger partial charge < -0.3 is 23.8 Å². The number of benzene rings is 2. The van der Waals surface area contributed by atoms with Crippen molar-refractivity contribution < 1.29 is 23.7 Å². The Morgan fingerprint density at radius 2 is 1.84 bits per heavy atom. The minimum atomic E-state index is 0.0237. The van der Waals surface area contributed by atoms with Gasteiger partial charge in [-0.05, 0) is 48.4 Å². The van der Waals surface area contributed by atoms with Gasteiger partial charge in [0.05, 0.1) is 13.7 Å². The predicted molar refractivity (Wildman–Crippen MR) is 118 cm³/mol. The van der Waals surface area contributed by atoms with Gasteiger partial charge in [-0.3, -0.25) is 9.69 Å². The van der Waals surface area contributed by atoms with E-state index < -0.39 is 0 Å². The van der Waals surface area contributed by atoms with Gasteiger partial charge in [0.25, 0.3) is 0 Å². The minimum Gasteiger partial charge on any atom is -0.493 e. The number of hydrogen-bond acceptors (Lipinski definition) is 6. The Balaban J connectivity index is 1.29. The van der Waals surface area contributed by atoms with Crippen LogP contribution in [0.1, 0.15) is 18.1 Å². The van der Waals surface area contributed by atoms with Crippen molar-refractivity contribution >= 4 is 12.0 Å². The summed E-state index contributed by atoms with van der Waals surface area (Å²) < 4.78 is 21.7. The quantitative estimate of drug-likeness (QED) is 0.637. The molecule has 2 aromatic rings. The van der Waals surface area contributed by atoms with Crippen LogP contribution in [0.4, 0.5) is 0 Å². The van der Waals surface area contributed by atoms with Gasteiger partial charge >= 0.3 is 0 Å². The van der Waals surface area contributed by atoms with Gasteiger partial charge in [-0.15, -0.1) is 0 Å². The third-order valence-corrected chi connectivity index (χ3v) is 5.43. The van der Waals surface area contributed by atoms with E-state index in [1.165, 1.54) is 5.56 Å². The fourth-order valence-electron chi connectivity index (χ4n) is 3.76. The molecule has 7 nitrogen and oxygen atoms in total. The third kappa shape index (κ3) is 5.11. The fourth-order valence-corrected chi connectivity index (χ4v) is 3.76. The van der Waals surface area contributed by atoms with E-state index in [4.69, 9.17) is 18.9 Å². The van der Waals surface area contributed by atoms with Crippen LogP contribution in [0.25, 0.3) is 6.08 Å². The average molecular weight is 424 g/mol. The van der Waals surface area contributed by atoms with Gasteiger partial charge in [-0.25, -0.2) is 0 Å². The normalized spacial score (nSPS) is 16.0. The van der Waals surface area contributed by atoms with E-state index in [-0.39, 0.29) is 12.7 Å². The first-order valence-electron chi connectivity index (χ1n) is 10.5. The van der Waals surface area contributed by atoms with E-state index in [9.17, 15) is 4.79 Å². The summed E-state index contributed by atoms with van der Waals surface area (Å²) in [5, 5.41) is 0. The van der Waals surface area contributed by atoms with E-state index in [0.717, 1.165) is 36.7 Å². The Kier molecular flexibility index (Phi) is 6.62. The molecule has 2 aliphatic rings. The van der Waals surface area contributed by atoms with E-state index in [1.807, 2.05) is 48.2 Å². The van der Waals surface area contributed by atoms with Crippen LogP contribution >= 0.6 is 0 Å². The van der Waals surface area contributed by atoms with Crippen LogP contribution in [-0.4, -0.2) is 62.4 Å². The molecule has 0 aliphatic carbocycles. The molecule has 0 aromatic heterocycles. The molecular formula is C24H28N2O5. The van der Waals surface area contributed by atoms with Crippen molar-refractivity contribution in [3.63, 3.8) is 0 Å². The standard InChI is InChI=1S/C24H28N2O5/c1-3-29-20-7-4-18(14-22(20)28-2)6-9-24(27)26-12-10-25(11-13-26)16-19-5-8-21-23(15-19)31-17-30-21/h4-9,14-15H,3,10-13,16-17H2,1-2H3/b9-6+. The largest absolute Gasteiger partial charge is 0.493 e. The summed E-state index contributed by atoms with van der Waals surface area (Å²) in [6.07, 6.45) is 3.45. The summed E-state index contributed by atoms with van der Waals surface area (Å²) in [4.78, 5) is 16.9. The van der Waals surface area contributed by atoms with E-state index in [0.29, 0.717) is 31.2 Å². The number of carbonyl (C=O) groups is 1. The van der Waals surface area contributed by atoms with Gasteiger partial charge in [-0.1, -0.05) is 12.1 Å². The second-order valence-corrected chi connectivity index (χ2v) is 7.47. The highest BCUT2D eigenvalue weighted by Crippen LogP contribution is 2.33. The predicted octanol–water partition coefficient (Wildman–Crippen LogP) is 3.18. The van der Waals surface area contributed by atoms with Crippen LogP contribution in [0.2, 0.25) is 0 Å². The molecule has 0 radical (unpaired) electrons. The Morgan fingerprint density at radius 1 is 1.03 bits per heavy atom. The number of nitrogens with zero attached hydrogens (tertiary/aromatic N) is 2. The number of piperazine rings is 1. The summed E-state index contributed by atoms with van der Waals surface area (Å²) in [5.41, 5.74) is 2.09. The lowest BCUT2D eigenvalue weighted by atomic mass is 10.1. The molecule has 2 heterocycles. The van der Waals surface area contributed by atoms with E-state index in [1.54, 1.807) is 13.2 Å². The smallest absolute Gasteiger partial charge is 0.246 e. The second-order valence-electron chi connectivity index (χ2n) is 7.47. The number of ether oxygens (including phenoxy) is 4. The van der Waals surface area contributed by atoms with Crippen molar-refractivity contribution in [2.45, 2.75) is 13.5 Å². The van der Waals surface area contributed by atoms with Crippen LogP contribution in [0.3, 0.4) is 0 Å². The number of fused-ring (bicyclic) bond motifs is 1. The van der Waals surface area contributed by atoms with Crippen LogP contribution < -0.4 is 18.9 Å². The highest BCUT2D eigenvalue weighted by atomic mass is 16.7. The van der Waals surface area contributed by atoms with Gasteiger partial charge in [0.1, 0.15) is 0 Å². The summed E-state index contributed by atoms with van der Waals surface area (Å²) >= 11 is 0. The fraction of sp³-hybridized carbons (Fsp3) is 0.375. The Labute approximate surface area is 182 Å². The first-order chi connectivity index (χ1) is 15.2. The molecule has 7 heteroatoms. The minimum absolute atomic E-state index is 0.0237. The monoisotopic (exact) mass is 424 g/mol. The maximum atomic E-state index is 12.6. The van der Waals surface area contributed by atoms with Crippen molar-refractivity contribution in [1.29, 1.82) is 0 Å². The molecule has 0 N–H and O–H groups in total. The van der Waals surface area contributed by atoms with Crippen molar-refractivity contribution in [2.75, 3.05) is 46.7 Å². The lowest BCUT2D eigenvalue weighted by Gasteiger charge is -2.34. The van der Waals surface area contributed by atoms with Crippen LogP contribution in [0.15, 0.2) is 42.5 Å². The van der Waals surface area contributed by atoms with Crippen molar-refractivity contribution in [3.8, 4) is 23.0 Å². The molecule has 2 aliphatic heterocycles. The highest BCUT2D eigenvalue weighted by molar-refractivity contribution is 5.92. The first-order valence-corrected chi connectivity index (χ1v) is 10.5. The number of methoxy groups -OCH3 is 1. The Morgan fingerprint density at radius 3 is 2.61 bits per heavy atom. The van der Waals surface area contributed by atoms with Gasteiger partial charge in [0.15, 0.2) is 23.0 Å². The molecule has 1 amide bonds. The lowest BCUT2D eigenvalue weighted by Crippen LogP contribution is -2.47. The summed E-state index contributed by atoms with van der Waals surface area (Å²) in [5.74, 6) is 3.00. The lowest BCUT2D eigenvalue weighted by molar-refractivity contribution is -0.127. The molecule has 164 valence electrons. The van der Waals surface area contributed by atoms with Crippen molar-refractivity contribution in [1.82, 2.24) is 9.80 Å². The van der Waals surface area contributed by atoms with E-state index in [2.05, 4.69) is 11.0 Å². The third-order valence-electron chi connectivity index (χ3n) is 5.43. The molecule has 4 rings (SSSR count). The molecule has 31 heavy (non-hydrogen) atoms. The molecule has 1 saturated heterocycles. The Bertz CT molecular complexity index is 951. The van der Waals surface area contributed by atoms with Gasteiger partial charge in [-0.2, -0.15) is 0 Å². The SMILES string of the molecule is CCOc1ccc(/C=C/C(=O)N2CCN(Cc3ccc4c(c3)OCO4)CC2)cc1OC. The van der Waals surface area contributed by atoms with E-state index >= 15 is 0 Å². The zero-order valence-corrected chi connectivity index (χ0v) is 18.0. The molecule has 0 bridgehead atoms. The molecule has 0 unspecified atom stereocenters. The van der Waals surface area contributed by atoms with Crippen LogP contribution in [0, 0.1) is 0 Å². The molecule has 1 fully saturated rings. The summed E-state index contributed by atoms with van der Waals surface area (Å²) in [7, 11) is 1.61.